The summed E-state index contributed by atoms with van der Waals surface area (Å²) in [6.45, 7) is 3.26. The molecular formula is C14H18BrNO2. The van der Waals surface area contributed by atoms with Crippen LogP contribution in [0.5, 0.6) is 0 Å². The highest BCUT2D eigenvalue weighted by molar-refractivity contribution is 9.10. The Kier molecular flexibility index (Phi) is 4.92. The molecule has 1 fully saturated rings. The Morgan fingerprint density at radius 2 is 2.39 bits per heavy atom. The summed E-state index contributed by atoms with van der Waals surface area (Å²) in [6.07, 6.45) is 1.12. The molecule has 3 nitrogen and oxygen atoms in total. The third-order valence-corrected chi connectivity index (χ3v) is 3.78. The normalized spacial score (nSPS) is 20.2. The molecule has 18 heavy (non-hydrogen) atoms. The van der Waals surface area contributed by atoms with Crippen molar-refractivity contribution < 1.29 is 9.53 Å². The van der Waals surface area contributed by atoms with Crippen molar-refractivity contribution in [1.82, 2.24) is 4.90 Å². The molecule has 4 heteroatoms. The topological polar surface area (TPSA) is 29.5 Å². The second-order valence-electron chi connectivity index (χ2n) is 4.78. The number of carbonyl (C=O) groups is 1. The molecule has 1 unspecified atom stereocenters. The predicted molar refractivity (Wildman–Crippen MR) is 74.9 cm³/mol. The van der Waals surface area contributed by atoms with E-state index in [1.165, 1.54) is 0 Å². The Labute approximate surface area is 116 Å². The highest BCUT2D eigenvalue weighted by Gasteiger charge is 2.24. The molecule has 1 aromatic carbocycles. The van der Waals surface area contributed by atoms with Gasteiger partial charge in [0, 0.05) is 23.7 Å². The second-order valence-corrected chi connectivity index (χ2v) is 5.69. The first kappa shape index (κ1) is 13.7. The summed E-state index contributed by atoms with van der Waals surface area (Å²) in [5.74, 6) is 0.764. The van der Waals surface area contributed by atoms with E-state index in [4.69, 9.17) is 4.74 Å². The van der Waals surface area contributed by atoms with Gasteiger partial charge >= 0.3 is 0 Å². The third kappa shape index (κ3) is 3.64. The van der Waals surface area contributed by atoms with Gasteiger partial charge < -0.3 is 4.74 Å². The Balaban J connectivity index is 1.89. The maximum atomic E-state index is 12.1. The first-order valence-electron chi connectivity index (χ1n) is 6.19. The molecule has 1 heterocycles. The summed E-state index contributed by atoms with van der Waals surface area (Å²) in [6, 6.07) is 7.58. The molecule has 0 bridgehead atoms. The van der Waals surface area contributed by atoms with Gasteiger partial charge in [-0.15, -0.1) is 0 Å². The van der Waals surface area contributed by atoms with Crippen molar-refractivity contribution in [2.24, 2.45) is 5.92 Å². The van der Waals surface area contributed by atoms with Crippen molar-refractivity contribution in [2.75, 3.05) is 33.4 Å². The molecule has 0 N–H and O–H groups in total. The van der Waals surface area contributed by atoms with Crippen LogP contribution in [0, 0.1) is 5.92 Å². The zero-order valence-corrected chi connectivity index (χ0v) is 12.1. The maximum Gasteiger partial charge on any atom is 0.176 e. The number of nitrogens with zero attached hydrogens (tertiary/aromatic N) is 1. The lowest BCUT2D eigenvalue weighted by Crippen LogP contribution is -2.28. The van der Waals surface area contributed by atoms with E-state index in [0.717, 1.165) is 36.2 Å². The van der Waals surface area contributed by atoms with Crippen LogP contribution in [0.2, 0.25) is 0 Å². The fraction of sp³-hybridized carbons (Fsp3) is 0.500. The summed E-state index contributed by atoms with van der Waals surface area (Å²) in [7, 11) is 1.73. The number of Topliss-reactive ketones (excluding diaryl/α,β-unsaturated/α-hetero) is 1. The average molecular weight is 312 g/mol. The van der Waals surface area contributed by atoms with Crippen LogP contribution in [-0.4, -0.2) is 44.0 Å². The van der Waals surface area contributed by atoms with Gasteiger partial charge in [0.25, 0.3) is 0 Å². The molecule has 1 saturated heterocycles. The van der Waals surface area contributed by atoms with Crippen LogP contribution < -0.4 is 0 Å². The van der Waals surface area contributed by atoms with Crippen LogP contribution in [0.3, 0.4) is 0 Å². The van der Waals surface area contributed by atoms with Crippen LogP contribution in [0.4, 0.5) is 0 Å². The smallest absolute Gasteiger partial charge is 0.176 e. The summed E-state index contributed by atoms with van der Waals surface area (Å²) < 4.78 is 6.11. The Hall–Kier alpha value is -0.710. The zero-order valence-electron chi connectivity index (χ0n) is 10.6. The van der Waals surface area contributed by atoms with Crippen LogP contribution in [0.1, 0.15) is 16.8 Å². The number of methoxy groups -OCH3 is 1. The summed E-state index contributed by atoms with van der Waals surface area (Å²) in [5.41, 5.74) is 0.777. The fourth-order valence-electron chi connectivity index (χ4n) is 2.38. The first-order chi connectivity index (χ1) is 8.69. The molecule has 98 valence electrons. The van der Waals surface area contributed by atoms with Gasteiger partial charge in [-0.1, -0.05) is 28.1 Å². The van der Waals surface area contributed by atoms with Gasteiger partial charge in [-0.3, -0.25) is 9.69 Å². The van der Waals surface area contributed by atoms with Crippen molar-refractivity contribution >= 4 is 21.7 Å². The van der Waals surface area contributed by atoms with Crippen molar-refractivity contribution in [3.8, 4) is 0 Å². The molecule has 1 atom stereocenters. The average Bonchev–Trinajstić information content (AvgIpc) is 2.77. The zero-order chi connectivity index (χ0) is 13.0. The molecule has 0 aliphatic carbocycles. The largest absolute Gasteiger partial charge is 0.384 e. The van der Waals surface area contributed by atoms with Crippen LogP contribution in [-0.2, 0) is 4.74 Å². The van der Waals surface area contributed by atoms with Crippen LogP contribution >= 0.6 is 15.9 Å². The van der Waals surface area contributed by atoms with Gasteiger partial charge in [0.05, 0.1) is 13.2 Å². The minimum Gasteiger partial charge on any atom is -0.384 e. The van der Waals surface area contributed by atoms with E-state index in [-0.39, 0.29) is 5.78 Å². The Bertz CT molecular complexity index is 422. The number of hydrogen-bond donors (Lipinski definition) is 0. The molecule has 1 aliphatic heterocycles. The third-order valence-electron chi connectivity index (χ3n) is 3.29. The molecule has 1 aromatic rings. The lowest BCUT2D eigenvalue weighted by atomic mass is 10.1. The minimum atomic E-state index is 0.189. The van der Waals surface area contributed by atoms with Gasteiger partial charge in [0.2, 0.25) is 0 Å². The van der Waals surface area contributed by atoms with Crippen molar-refractivity contribution in [1.29, 1.82) is 0 Å². The summed E-state index contributed by atoms with van der Waals surface area (Å²) in [5, 5.41) is 0. The van der Waals surface area contributed by atoms with E-state index in [1.54, 1.807) is 7.11 Å². The molecule has 0 spiro atoms. The van der Waals surface area contributed by atoms with E-state index in [2.05, 4.69) is 20.8 Å². The van der Waals surface area contributed by atoms with Crippen LogP contribution in [0.25, 0.3) is 0 Å². The van der Waals surface area contributed by atoms with E-state index in [0.29, 0.717) is 12.5 Å². The monoisotopic (exact) mass is 311 g/mol. The molecule has 1 aliphatic rings. The Morgan fingerprint density at radius 3 is 3.11 bits per heavy atom. The van der Waals surface area contributed by atoms with E-state index in [1.807, 2.05) is 24.3 Å². The van der Waals surface area contributed by atoms with Gasteiger partial charge in [0.15, 0.2) is 5.78 Å². The van der Waals surface area contributed by atoms with Gasteiger partial charge in [-0.2, -0.15) is 0 Å². The molecule has 0 radical (unpaired) electrons. The number of halogens is 1. The summed E-state index contributed by atoms with van der Waals surface area (Å²) in [4.78, 5) is 14.3. The highest BCUT2D eigenvalue weighted by atomic mass is 79.9. The van der Waals surface area contributed by atoms with E-state index in [9.17, 15) is 4.79 Å². The molecule has 0 saturated carbocycles. The molecule has 0 amide bonds. The van der Waals surface area contributed by atoms with Gasteiger partial charge in [-0.25, -0.2) is 0 Å². The molecule has 2 rings (SSSR count). The number of rotatable bonds is 5. The lowest BCUT2D eigenvalue weighted by Gasteiger charge is -2.15. The molecular weight excluding hydrogens is 294 g/mol. The molecule has 0 aromatic heterocycles. The number of benzene rings is 1. The van der Waals surface area contributed by atoms with Gasteiger partial charge in [-0.05, 0) is 31.0 Å². The van der Waals surface area contributed by atoms with Crippen LogP contribution in [0.15, 0.2) is 28.7 Å². The SMILES string of the molecule is COCC1CCN(CC(=O)c2cccc(Br)c2)C1. The van der Waals surface area contributed by atoms with E-state index < -0.39 is 0 Å². The highest BCUT2D eigenvalue weighted by Crippen LogP contribution is 2.18. The maximum absolute atomic E-state index is 12.1. The number of hydrogen-bond acceptors (Lipinski definition) is 3. The Morgan fingerprint density at radius 1 is 1.56 bits per heavy atom. The number of carbonyl (C=O) groups excluding carboxylic acids is 1. The second kappa shape index (κ2) is 6.45. The van der Waals surface area contributed by atoms with Crippen molar-refractivity contribution in [2.45, 2.75) is 6.42 Å². The van der Waals surface area contributed by atoms with E-state index >= 15 is 0 Å². The number of likely N-dealkylation sites (tertiary alicyclic amines) is 1. The minimum absolute atomic E-state index is 0.189. The number of ketones is 1. The fourth-order valence-corrected chi connectivity index (χ4v) is 2.78. The summed E-state index contributed by atoms with van der Waals surface area (Å²) >= 11 is 3.39. The predicted octanol–water partition coefficient (Wildman–Crippen LogP) is 2.60. The standard InChI is InChI=1S/C14H18BrNO2/c1-18-10-11-5-6-16(8-11)9-14(17)12-3-2-4-13(15)7-12/h2-4,7,11H,5-6,8-10H2,1H3. The van der Waals surface area contributed by atoms with Crippen molar-refractivity contribution in [3.63, 3.8) is 0 Å². The van der Waals surface area contributed by atoms with Gasteiger partial charge in [0.1, 0.15) is 0 Å². The lowest BCUT2D eigenvalue weighted by molar-refractivity contribution is 0.0937. The van der Waals surface area contributed by atoms with Crippen molar-refractivity contribution in [3.05, 3.63) is 34.3 Å². The quantitative estimate of drug-likeness (QED) is 0.783. The first-order valence-corrected chi connectivity index (χ1v) is 6.98. The number of ether oxygens (including phenoxy) is 1.